The molecule has 0 aromatic carbocycles. The van der Waals surface area contributed by atoms with Gasteiger partial charge >= 0.3 is 0 Å². The summed E-state index contributed by atoms with van der Waals surface area (Å²) in [6, 6.07) is 0.0868. The number of anilines is 1. The minimum absolute atomic E-state index is 0.000746. The fourth-order valence-corrected chi connectivity index (χ4v) is 3.95. The van der Waals surface area contributed by atoms with Gasteiger partial charge in [-0.3, -0.25) is 14.3 Å². The lowest BCUT2D eigenvalue weighted by molar-refractivity contribution is -0.136. The SMILES string of the molecule is Cn1cc(N2C(=O)C[C@H]3[C@H]2CCN3C(=O)C2CCOC2)cn1. The average molecular weight is 304 g/mol. The van der Waals surface area contributed by atoms with Gasteiger partial charge < -0.3 is 14.5 Å². The summed E-state index contributed by atoms with van der Waals surface area (Å²) in [5.74, 6) is 0.218. The summed E-state index contributed by atoms with van der Waals surface area (Å²) in [5.41, 5.74) is 0.832. The van der Waals surface area contributed by atoms with Crippen LogP contribution in [-0.2, 0) is 21.4 Å². The van der Waals surface area contributed by atoms with Crippen LogP contribution in [-0.4, -0.2) is 58.3 Å². The predicted octanol–water partition coefficient (Wildman–Crippen LogP) is 0.163. The van der Waals surface area contributed by atoms with Crippen LogP contribution in [0.4, 0.5) is 5.69 Å². The molecule has 1 aromatic rings. The first-order valence-electron chi connectivity index (χ1n) is 7.84. The van der Waals surface area contributed by atoms with E-state index in [9.17, 15) is 9.59 Å². The zero-order valence-corrected chi connectivity index (χ0v) is 12.6. The van der Waals surface area contributed by atoms with Crippen LogP contribution in [0.15, 0.2) is 12.4 Å². The van der Waals surface area contributed by atoms with Crippen LogP contribution in [0, 0.1) is 5.92 Å². The van der Waals surface area contributed by atoms with Crippen LogP contribution in [0.25, 0.3) is 0 Å². The monoisotopic (exact) mass is 304 g/mol. The average Bonchev–Trinajstić information content (AvgIpc) is 3.22. The molecule has 1 aromatic heterocycles. The number of aryl methyl sites for hydroxylation is 1. The lowest BCUT2D eigenvalue weighted by Crippen LogP contribution is -2.42. The van der Waals surface area contributed by atoms with Gasteiger partial charge in [0.15, 0.2) is 0 Å². The van der Waals surface area contributed by atoms with E-state index in [1.54, 1.807) is 10.9 Å². The Bertz CT molecular complexity index is 608. The van der Waals surface area contributed by atoms with E-state index in [4.69, 9.17) is 4.74 Å². The molecule has 1 unspecified atom stereocenters. The van der Waals surface area contributed by atoms with Crippen molar-refractivity contribution in [2.75, 3.05) is 24.7 Å². The van der Waals surface area contributed by atoms with Gasteiger partial charge in [0.25, 0.3) is 0 Å². The van der Waals surface area contributed by atoms with E-state index in [0.717, 1.165) is 25.1 Å². The van der Waals surface area contributed by atoms with E-state index in [1.807, 2.05) is 23.0 Å². The van der Waals surface area contributed by atoms with E-state index in [-0.39, 0.29) is 29.8 Å². The molecule has 0 aliphatic carbocycles. The highest BCUT2D eigenvalue weighted by Gasteiger charge is 2.50. The molecule has 4 rings (SSSR count). The van der Waals surface area contributed by atoms with Crippen LogP contribution in [0.1, 0.15) is 19.3 Å². The summed E-state index contributed by atoms with van der Waals surface area (Å²) < 4.78 is 7.03. The maximum Gasteiger partial charge on any atom is 0.229 e. The zero-order chi connectivity index (χ0) is 15.3. The Balaban J connectivity index is 1.55. The smallest absolute Gasteiger partial charge is 0.229 e. The summed E-state index contributed by atoms with van der Waals surface area (Å²) in [5, 5.41) is 4.15. The normalized spacial score (nSPS) is 31.1. The molecular formula is C15H20N4O3. The fourth-order valence-electron chi connectivity index (χ4n) is 3.95. The first-order valence-corrected chi connectivity index (χ1v) is 7.84. The number of rotatable bonds is 2. The van der Waals surface area contributed by atoms with Gasteiger partial charge in [-0.15, -0.1) is 0 Å². The molecule has 0 spiro atoms. The fraction of sp³-hybridized carbons (Fsp3) is 0.667. The van der Waals surface area contributed by atoms with Gasteiger partial charge in [0.2, 0.25) is 11.8 Å². The highest BCUT2D eigenvalue weighted by Crippen LogP contribution is 2.36. The molecule has 7 nitrogen and oxygen atoms in total. The van der Waals surface area contributed by atoms with Crippen molar-refractivity contribution in [3.05, 3.63) is 12.4 Å². The quantitative estimate of drug-likeness (QED) is 0.781. The highest BCUT2D eigenvalue weighted by atomic mass is 16.5. The molecule has 4 heterocycles. The number of likely N-dealkylation sites (tertiary alicyclic amines) is 1. The Labute approximate surface area is 128 Å². The number of hydrogen-bond donors (Lipinski definition) is 0. The summed E-state index contributed by atoms with van der Waals surface area (Å²) in [6.07, 6.45) is 5.63. The Morgan fingerprint density at radius 3 is 2.91 bits per heavy atom. The van der Waals surface area contributed by atoms with Gasteiger partial charge in [-0.05, 0) is 12.8 Å². The maximum atomic E-state index is 12.6. The van der Waals surface area contributed by atoms with Crippen molar-refractivity contribution in [1.29, 1.82) is 0 Å². The van der Waals surface area contributed by atoms with Crippen LogP contribution >= 0.6 is 0 Å². The third-order valence-electron chi connectivity index (χ3n) is 5.03. The van der Waals surface area contributed by atoms with Crippen LogP contribution < -0.4 is 4.90 Å². The van der Waals surface area contributed by atoms with Crippen molar-refractivity contribution in [1.82, 2.24) is 14.7 Å². The van der Waals surface area contributed by atoms with Gasteiger partial charge in [-0.1, -0.05) is 0 Å². The standard InChI is InChI=1S/C15H20N4O3/c1-17-8-11(7-16-17)19-12-2-4-18(13(12)6-14(19)20)15(21)10-3-5-22-9-10/h7-8,10,12-13H,2-6,9H2,1H3/t10?,12-,13+/m1/s1. The topological polar surface area (TPSA) is 67.7 Å². The van der Waals surface area contributed by atoms with Crippen LogP contribution in [0.2, 0.25) is 0 Å². The van der Waals surface area contributed by atoms with Crippen molar-refractivity contribution in [2.24, 2.45) is 13.0 Å². The molecule has 0 N–H and O–H groups in total. The van der Waals surface area contributed by atoms with E-state index < -0.39 is 0 Å². The summed E-state index contributed by atoms with van der Waals surface area (Å²) >= 11 is 0. The van der Waals surface area contributed by atoms with E-state index >= 15 is 0 Å². The third-order valence-corrected chi connectivity index (χ3v) is 5.03. The van der Waals surface area contributed by atoms with Gasteiger partial charge in [0.1, 0.15) is 0 Å². The van der Waals surface area contributed by atoms with E-state index in [1.165, 1.54) is 0 Å². The predicted molar refractivity (Wildman–Crippen MR) is 78.1 cm³/mol. The summed E-state index contributed by atoms with van der Waals surface area (Å²) in [6.45, 7) is 1.92. The largest absolute Gasteiger partial charge is 0.381 e. The minimum atomic E-state index is -0.0266. The van der Waals surface area contributed by atoms with E-state index in [2.05, 4.69) is 5.10 Å². The van der Waals surface area contributed by atoms with Crippen molar-refractivity contribution in [3.63, 3.8) is 0 Å². The van der Waals surface area contributed by atoms with Crippen LogP contribution in [0.5, 0.6) is 0 Å². The van der Waals surface area contributed by atoms with Gasteiger partial charge in [-0.2, -0.15) is 5.10 Å². The Morgan fingerprint density at radius 1 is 1.36 bits per heavy atom. The minimum Gasteiger partial charge on any atom is -0.381 e. The molecule has 3 atom stereocenters. The number of ether oxygens (including phenoxy) is 1. The molecule has 3 aliphatic heterocycles. The molecule has 22 heavy (non-hydrogen) atoms. The third kappa shape index (κ3) is 2.03. The molecule has 2 amide bonds. The molecule has 0 saturated carbocycles. The van der Waals surface area contributed by atoms with Crippen molar-refractivity contribution in [3.8, 4) is 0 Å². The second-order valence-corrected chi connectivity index (χ2v) is 6.36. The van der Waals surface area contributed by atoms with Gasteiger partial charge in [0, 0.05) is 32.8 Å². The highest BCUT2D eigenvalue weighted by molar-refractivity contribution is 5.98. The number of carbonyl (C=O) groups is 2. The Kier molecular flexibility index (Phi) is 3.18. The molecule has 3 saturated heterocycles. The molecular weight excluding hydrogens is 284 g/mol. The number of amides is 2. The second kappa shape index (κ2) is 5.08. The van der Waals surface area contributed by atoms with Crippen molar-refractivity contribution >= 4 is 17.5 Å². The molecule has 7 heteroatoms. The molecule has 0 bridgehead atoms. The molecule has 0 radical (unpaired) electrons. The first kappa shape index (κ1) is 13.8. The van der Waals surface area contributed by atoms with Crippen LogP contribution in [0.3, 0.4) is 0 Å². The summed E-state index contributed by atoms with van der Waals surface area (Å²) in [4.78, 5) is 28.8. The van der Waals surface area contributed by atoms with Gasteiger partial charge in [0.05, 0.1) is 36.5 Å². The maximum absolute atomic E-state index is 12.6. The van der Waals surface area contributed by atoms with E-state index in [0.29, 0.717) is 19.6 Å². The Morgan fingerprint density at radius 2 is 2.23 bits per heavy atom. The summed E-state index contributed by atoms with van der Waals surface area (Å²) in [7, 11) is 1.84. The second-order valence-electron chi connectivity index (χ2n) is 6.36. The Hall–Kier alpha value is -1.89. The van der Waals surface area contributed by atoms with Crippen molar-refractivity contribution < 1.29 is 14.3 Å². The number of aromatic nitrogens is 2. The number of fused-ring (bicyclic) bond motifs is 1. The molecule has 118 valence electrons. The number of nitrogens with zero attached hydrogens (tertiary/aromatic N) is 4. The molecule has 3 aliphatic rings. The first-order chi connectivity index (χ1) is 10.6. The molecule has 3 fully saturated rings. The zero-order valence-electron chi connectivity index (χ0n) is 12.6. The van der Waals surface area contributed by atoms with Gasteiger partial charge in [-0.25, -0.2) is 0 Å². The number of carbonyl (C=O) groups excluding carboxylic acids is 2. The van der Waals surface area contributed by atoms with Crippen molar-refractivity contribution in [2.45, 2.75) is 31.3 Å². The lowest BCUT2D eigenvalue weighted by atomic mass is 10.1. The number of hydrogen-bond acceptors (Lipinski definition) is 4. The lowest BCUT2D eigenvalue weighted by Gasteiger charge is -2.26.